The van der Waals surface area contributed by atoms with Gasteiger partial charge in [0.25, 0.3) is 5.91 Å². The Morgan fingerprint density at radius 1 is 1.56 bits per heavy atom. The highest BCUT2D eigenvalue weighted by atomic mass is 16.6. The number of rotatable bonds is 4. The molecule has 1 amide bonds. The lowest BCUT2D eigenvalue weighted by atomic mass is 10.3. The average molecular weight is 228 g/mol. The Kier molecular flexibility index (Phi) is 3.24. The van der Waals surface area contributed by atoms with Crippen LogP contribution in [0, 0.1) is 10.1 Å². The lowest BCUT2D eigenvalue weighted by molar-refractivity contribution is -0.402. The van der Waals surface area contributed by atoms with Gasteiger partial charge in [-0.15, -0.1) is 0 Å². The molecule has 0 bridgehead atoms. The first kappa shape index (κ1) is 11.7. The Bertz CT molecular complexity index is 437. The van der Waals surface area contributed by atoms with Crippen molar-refractivity contribution in [2.45, 2.75) is 13.0 Å². The lowest BCUT2D eigenvalue weighted by Gasteiger charge is -2.06. The fourth-order valence-electron chi connectivity index (χ4n) is 0.877. The van der Waals surface area contributed by atoms with E-state index in [9.17, 15) is 19.7 Å². The first-order valence-electron chi connectivity index (χ1n) is 4.19. The molecule has 0 fully saturated rings. The highest BCUT2D eigenvalue weighted by Crippen LogP contribution is 2.15. The SMILES string of the molecule is C[C@@H](NC(=O)c1ccc([N+](=O)[O-])o1)C(=O)O. The number of amides is 1. The van der Waals surface area contributed by atoms with E-state index in [1.54, 1.807) is 0 Å². The van der Waals surface area contributed by atoms with E-state index in [-0.39, 0.29) is 5.76 Å². The zero-order chi connectivity index (χ0) is 12.3. The number of hydrogen-bond donors (Lipinski definition) is 2. The Morgan fingerprint density at radius 3 is 2.62 bits per heavy atom. The molecule has 0 aliphatic rings. The van der Waals surface area contributed by atoms with E-state index in [1.807, 2.05) is 0 Å². The van der Waals surface area contributed by atoms with Gasteiger partial charge in [0.05, 0.1) is 6.07 Å². The standard InChI is InChI=1S/C8H8N2O6/c1-4(8(12)13)9-7(11)5-2-3-6(16-5)10(14)15/h2-4H,1H3,(H,9,11)(H,12,13)/t4-/m1/s1. The van der Waals surface area contributed by atoms with Gasteiger partial charge in [-0.1, -0.05) is 0 Å². The van der Waals surface area contributed by atoms with Gasteiger partial charge in [-0.05, 0) is 13.0 Å². The molecule has 1 aromatic heterocycles. The van der Waals surface area contributed by atoms with E-state index in [2.05, 4.69) is 9.73 Å². The number of nitrogens with one attached hydrogen (secondary N) is 1. The van der Waals surface area contributed by atoms with Gasteiger partial charge in [-0.3, -0.25) is 19.7 Å². The Labute approximate surface area is 89.0 Å². The molecule has 0 radical (unpaired) electrons. The van der Waals surface area contributed by atoms with E-state index in [1.165, 1.54) is 6.92 Å². The van der Waals surface area contributed by atoms with Crippen molar-refractivity contribution in [3.63, 3.8) is 0 Å². The Morgan fingerprint density at radius 2 is 2.19 bits per heavy atom. The number of nitro groups is 1. The molecule has 0 unspecified atom stereocenters. The van der Waals surface area contributed by atoms with Crippen molar-refractivity contribution in [1.82, 2.24) is 5.32 Å². The van der Waals surface area contributed by atoms with Crippen LogP contribution in [-0.2, 0) is 4.79 Å². The van der Waals surface area contributed by atoms with Crippen molar-refractivity contribution >= 4 is 17.8 Å². The summed E-state index contributed by atoms with van der Waals surface area (Å²) < 4.78 is 4.58. The summed E-state index contributed by atoms with van der Waals surface area (Å²) in [6.45, 7) is 1.26. The van der Waals surface area contributed by atoms with Gasteiger partial charge < -0.3 is 14.8 Å². The van der Waals surface area contributed by atoms with Crippen LogP contribution in [0.3, 0.4) is 0 Å². The number of aliphatic carboxylic acids is 1. The summed E-state index contributed by atoms with van der Waals surface area (Å²) in [5.41, 5.74) is 0. The van der Waals surface area contributed by atoms with Crippen LogP contribution in [0.2, 0.25) is 0 Å². The van der Waals surface area contributed by atoms with Crippen LogP contribution >= 0.6 is 0 Å². The van der Waals surface area contributed by atoms with Gasteiger partial charge >= 0.3 is 11.9 Å². The number of carbonyl (C=O) groups excluding carboxylic acids is 1. The molecule has 16 heavy (non-hydrogen) atoms. The van der Waals surface area contributed by atoms with Gasteiger partial charge in [0.15, 0.2) is 5.76 Å². The minimum absolute atomic E-state index is 0.306. The minimum Gasteiger partial charge on any atom is -0.480 e. The third kappa shape index (κ3) is 2.56. The molecule has 1 atom stereocenters. The van der Waals surface area contributed by atoms with Crippen LogP contribution in [0.5, 0.6) is 0 Å². The molecule has 1 rings (SSSR count). The van der Waals surface area contributed by atoms with E-state index >= 15 is 0 Å². The molecular formula is C8H8N2O6. The molecule has 0 spiro atoms. The number of hydrogen-bond acceptors (Lipinski definition) is 5. The van der Waals surface area contributed by atoms with Crippen molar-refractivity contribution < 1.29 is 24.0 Å². The van der Waals surface area contributed by atoms with Crippen molar-refractivity contribution in [2.24, 2.45) is 0 Å². The zero-order valence-electron chi connectivity index (χ0n) is 8.17. The van der Waals surface area contributed by atoms with Crippen molar-refractivity contribution in [1.29, 1.82) is 0 Å². The number of carboxylic acids is 1. The van der Waals surface area contributed by atoms with E-state index in [0.717, 1.165) is 12.1 Å². The second-order valence-electron chi connectivity index (χ2n) is 2.93. The molecule has 8 heteroatoms. The molecule has 2 N–H and O–H groups in total. The molecule has 1 heterocycles. The lowest BCUT2D eigenvalue weighted by Crippen LogP contribution is -2.38. The van der Waals surface area contributed by atoms with Crippen LogP contribution in [0.1, 0.15) is 17.5 Å². The Hall–Kier alpha value is -2.38. The van der Waals surface area contributed by atoms with Crippen molar-refractivity contribution in [3.05, 3.63) is 28.0 Å². The second kappa shape index (κ2) is 4.43. The maximum absolute atomic E-state index is 11.3. The predicted octanol–water partition coefficient (Wildman–Crippen LogP) is 0.391. The first-order chi connectivity index (χ1) is 7.41. The van der Waals surface area contributed by atoms with Crippen LogP contribution in [-0.4, -0.2) is 27.9 Å². The molecule has 0 aromatic carbocycles. The van der Waals surface area contributed by atoms with Crippen LogP contribution in [0.4, 0.5) is 5.88 Å². The molecule has 8 nitrogen and oxygen atoms in total. The first-order valence-corrected chi connectivity index (χ1v) is 4.19. The van der Waals surface area contributed by atoms with Gasteiger partial charge in [0.1, 0.15) is 11.0 Å². The summed E-state index contributed by atoms with van der Waals surface area (Å²) in [6, 6.07) is 1.01. The molecule has 0 saturated heterocycles. The summed E-state index contributed by atoms with van der Waals surface area (Å²) in [5, 5.41) is 20.9. The highest BCUT2D eigenvalue weighted by Gasteiger charge is 2.20. The molecule has 0 aliphatic carbocycles. The summed E-state index contributed by atoms with van der Waals surface area (Å²) in [6.07, 6.45) is 0. The molecule has 86 valence electrons. The van der Waals surface area contributed by atoms with Gasteiger partial charge in [0, 0.05) is 0 Å². The monoisotopic (exact) mass is 228 g/mol. The number of carboxylic acid groups (broad SMARTS) is 1. The third-order valence-electron chi connectivity index (χ3n) is 1.71. The van der Waals surface area contributed by atoms with Crippen molar-refractivity contribution in [3.8, 4) is 0 Å². The molecule has 0 saturated carbocycles. The fourth-order valence-corrected chi connectivity index (χ4v) is 0.877. The minimum atomic E-state index is -1.21. The zero-order valence-corrected chi connectivity index (χ0v) is 8.17. The predicted molar refractivity (Wildman–Crippen MR) is 49.9 cm³/mol. The largest absolute Gasteiger partial charge is 0.480 e. The van der Waals surface area contributed by atoms with Crippen LogP contribution < -0.4 is 5.32 Å². The van der Waals surface area contributed by atoms with E-state index in [0.29, 0.717) is 0 Å². The van der Waals surface area contributed by atoms with Crippen LogP contribution in [0.15, 0.2) is 16.5 Å². The van der Waals surface area contributed by atoms with E-state index in [4.69, 9.17) is 5.11 Å². The Balaban J connectivity index is 2.73. The van der Waals surface area contributed by atoms with Gasteiger partial charge in [0.2, 0.25) is 0 Å². The van der Waals surface area contributed by atoms with Gasteiger partial charge in [-0.25, -0.2) is 0 Å². The molecule has 0 aliphatic heterocycles. The number of nitrogens with zero attached hydrogens (tertiary/aromatic N) is 1. The van der Waals surface area contributed by atoms with Gasteiger partial charge in [-0.2, -0.15) is 0 Å². The highest BCUT2D eigenvalue weighted by molar-refractivity contribution is 5.94. The fraction of sp³-hybridized carbons (Fsp3) is 0.250. The third-order valence-corrected chi connectivity index (χ3v) is 1.71. The number of carbonyl (C=O) groups is 2. The van der Waals surface area contributed by atoms with Crippen LogP contribution in [0.25, 0.3) is 0 Å². The maximum Gasteiger partial charge on any atom is 0.433 e. The summed E-state index contributed by atoms with van der Waals surface area (Å²) >= 11 is 0. The second-order valence-corrected chi connectivity index (χ2v) is 2.93. The molecule has 1 aromatic rings. The average Bonchev–Trinajstić information content (AvgIpc) is 2.65. The summed E-state index contributed by atoms with van der Waals surface area (Å²) in [7, 11) is 0. The summed E-state index contributed by atoms with van der Waals surface area (Å²) in [5.74, 6) is -2.91. The quantitative estimate of drug-likeness (QED) is 0.567. The topological polar surface area (TPSA) is 123 Å². The van der Waals surface area contributed by atoms with E-state index < -0.39 is 28.7 Å². The van der Waals surface area contributed by atoms with Crippen molar-refractivity contribution in [2.75, 3.05) is 0 Å². The molecular weight excluding hydrogens is 220 g/mol. The maximum atomic E-state index is 11.3. The number of furan rings is 1. The normalized spacial score (nSPS) is 11.8. The smallest absolute Gasteiger partial charge is 0.433 e. The summed E-state index contributed by atoms with van der Waals surface area (Å²) in [4.78, 5) is 31.2.